The van der Waals surface area contributed by atoms with E-state index in [0.29, 0.717) is 12.8 Å². The van der Waals surface area contributed by atoms with Crippen LogP contribution in [0.1, 0.15) is 24.0 Å². The van der Waals surface area contributed by atoms with Gasteiger partial charge in [-0.3, -0.25) is 4.79 Å². The maximum absolute atomic E-state index is 12.0. The summed E-state index contributed by atoms with van der Waals surface area (Å²) in [5, 5.41) is 12.8. The number of nitrogens with one attached hydrogen (secondary N) is 2. The highest BCUT2D eigenvalue weighted by Gasteiger charge is 2.51. The fourth-order valence-electron chi connectivity index (χ4n) is 2.59. The van der Waals surface area contributed by atoms with Crippen LogP contribution in [0.25, 0.3) is 10.9 Å². The number of aliphatic carboxylic acids is 1. The maximum Gasteiger partial charge on any atom is 0.329 e. The fourth-order valence-corrected chi connectivity index (χ4v) is 2.59. The van der Waals surface area contributed by atoms with Crippen molar-refractivity contribution in [2.75, 3.05) is 0 Å². The van der Waals surface area contributed by atoms with Crippen molar-refractivity contribution >= 4 is 22.8 Å². The number of aromatic amines is 1. The predicted octanol–water partition coefficient (Wildman–Crippen LogP) is 1.75. The van der Waals surface area contributed by atoms with E-state index in [-0.39, 0.29) is 12.3 Å². The minimum absolute atomic E-state index is 0.194. The topological polar surface area (TPSA) is 82.2 Å². The molecule has 1 aliphatic rings. The molecule has 0 bridgehead atoms. The fraction of sp³-hybridized carbons (Fsp3) is 0.333. The molecule has 104 valence electrons. The number of aryl methyl sites for hydroxylation is 1. The van der Waals surface area contributed by atoms with E-state index in [0.717, 1.165) is 22.0 Å². The van der Waals surface area contributed by atoms with E-state index in [2.05, 4.69) is 10.3 Å². The summed E-state index contributed by atoms with van der Waals surface area (Å²) in [6, 6.07) is 5.92. The molecular weight excluding hydrogens is 256 g/mol. The molecule has 1 amide bonds. The normalized spacial score (nSPS) is 16.1. The molecule has 5 nitrogen and oxygen atoms in total. The van der Waals surface area contributed by atoms with Crippen LogP contribution in [0.3, 0.4) is 0 Å². The zero-order valence-electron chi connectivity index (χ0n) is 11.2. The van der Waals surface area contributed by atoms with Gasteiger partial charge < -0.3 is 15.4 Å². The number of benzene rings is 1. The van der Waals surface area contributed by atoms with Gasteiger partial charge in [-0.15, -0.1) is 0 Å². The number of fused-ring (bicyclic) bond motifs is 1. The van der Waals surface area contributed by atoms with Crippen molar-refractivity contribution in [2.24, 2.45) is 0 Å². The van der Waals surface area contributed by atoms with E-state index in [1.165, 1.54) is 0 Å². The highest BCUT2D eigenvalue weighted by Crippen LogP contribution is 2.35. The molecule has 3 rings (SSSR count). The van der Waals surface area contributed by atoms with Gasteiger partial charge in [-0.2, -0.15) is 0 Å². The van der Waals surface area contributed by atoms with Crippen molar-refractivity contribution in [1.29, 1.82) is 0 Å². The number of hydrogen-bond donors (Lipinski definition) is 3. The summed E-state index contributed by atoms with van der Waals surface area (Å²) < 4.78 is 0. The molecule has 0 saturated heterocycles. The van der Waals surface area contributed by atoms with E-state index < -0.39 is 11.5 Å². The van der Waals surface area contributed by atoms with Gasteiger partial charge in [0.15, 0.2) is 0 Å². The van der Waals surface area contributed by atoms with Crippen LogP contribution in [-0.2, 0) is 16.0 Å². The van der Waals surface area contributed by atoms with Crippen LogP contribution < -0.4 is 5.32 Å². The van der Waals surface area contributed by atoms with Crippen LogP contribution in [-0.4, -0.2) is 27.5 Å². The molecule has 1 saturated carbocycles. The molecule has 1 heterocycles. The number of amides is 1. The lowest BCUT2D eigenvalue weighted by molar-refractivity contribution is -0.143. The largest absolute Gasteiger partial charge is 0.480 e. The van der Waals surface area contributed by atoms with E-state index in [1.54, 1.807) is 0 Å². The third-order valence-electron chi connectivity index (χ3n) is 3.88. The molecule has 20 heavy (non-hydrogen) atoms. The Morgan fingerprint density at radius 2 is 2.15 bits per heavy atom. The summed E-state index contributed by atoms with van der Waals surface area (Å²) in [7, 11) is 0. The van der Waals surface area contributed by atoms with Gasteiger partial charge in [0.05, 0.1) is 6.42 Å². The smallest absolute Gasteiger partial charge is 0.329 e. The van der Waals surface area contributed by atoms with E-state index in [4.69, 9.17) is 5.11 Å². The van der Waals surface area contributed by atoms with Gasteiger partial charge >= 0.3 is 5.97 Å². The Kier molecular flexibility index (Phi) is 2.78. The van der Waals surface area contributed by atoms with Crippen LogP contribution in [0, 0.1) is 6.92 Å². The summed E-state index contributed by atoms with van der Waals surface area (Å²) in [5.41, 5.74) is 1.98. The number of carbonyl (C=O) groups excluding carboxylic acids is 1. The molecule has 0 spiro atoms. The van der Waals surface area contributed by atoms with E-state index >= 15 is 0 Å². The summed E-state index contributed by atoms with van der Waals surface area (Å²) >= 11 is 0. The first-order valence-corrected chi connectivity index (χ1v) is 6.62. The number of hydrogen-bond acceptors (Lipinski definition) is 2. The van der Waals surface area contributed by atoms with Crippen LogP contribution in [0.15, 0.2) is 24.4 Å². The van der Waals surface area contributed by atoms with Gasteiger partial charge in [0.1, 0.15) is 5.54 Å². The zero-order valence-corrected chi connectivity index (χ0v) is 11.2. The van der Waals surface area contributed by atoms with Gasteiger partial charge in [0.2, 0.25) is 5.91 Å². The summed E-state index contributed by atoms with van der Waals surface area (Å²) in [6.07, 6.45) is 3.04. The van der Waals surface area contributed by atoms with Gasteiger partial charge in [-0.25, -0.2) is 4.79 Å². The van der Waals surface area contributed by atoms with Crippen molar-refractivity contribution < 1.29 is 14.7 Å². The maximum atomic E-state index is 12.0. The van der Waals surface area contributed by atoms with Crippen LogP contribution >= 0.6 is 0 Å². The number of H-pyrrole nitrogens is 1. The van der Waals surface area contributed by atoms with Crippen LogP contribution in [0.2, 0.25) is 0 Å². The second-order valence-corrected chi connectivity index (χ2v) is 5.42. The quantitative estimate of drug-likeness (QED) is 0.793. The van der Waals surface area contributed by atoms with Crippen LogP contribution in [0.4, 0.5) is 0 Å². The Bertz CT molecular complexity index is 698. The van der Waals surface area contributed by atoms with Crippen molar-refractivity contribution in [1.82, 2.24) is 10.3 Å². The first-order valence-electron chi connectivity index (χ1n) is 6.62. The number of carbonyl (C=O) groups is 2. The van der Waals surface area contributed by atoms with Crippen molar-refractivity contribution in [3.63, 3.8) is 0 Å². The molecule has 1 aromatic carbocycles. The molecule has 5 heteroatoms. The first-order chi connectivity index (χ1) is 9.52. The van der Waals surface area contributed by atoms with E-state index in [9.17, 15) is 9.59 Å². The lowest BCUT2D eigenvalue weighted by Crippen LogP contribution is -2.43. The number of aromatic nitrogens is 1. The molecule has 0 atom stereocenters. The predicted molar refractivity (Wildman–Crippen MR) is 74.5 cm³/mol. The average Bonchev–Trinajstić information content (AvgIpc) is 3.05. The molecule has 1 aromatic heterocycles. The minimum Gasteiger partial charge on any atom is -0.480 e. The average molecular weight is 272 g/mol. The number of carboxylic acids is 1. The molecule has 1 fully saturated rings. The minimum atomic E-state index is -1.02. The SMILES string of the molecule is Cc1cccc2[nH]cc(CC(=O)NC3(C(=O)O)CC3)c12. The van der Waals surface area contributed by atoms with E-state index in [1.807, 2.05) is 31.3 Å². The molecule has 3 N–H and O–H groups in total. The first kappa shape index (κ1) is 12.7. The van der Waals surface area contributed by atoms with Crippen molar-refractivity contribution in [3.8, 4) is 0 Å². The molecule has 2 aromatic rings. The Labute approximate surface area is 116 Å². The summed E-state index contributed by atoms with van der Waals surface area (Å²) in [6.45, 7) is 2.00. The third kappa shape index (κ3) is 2.05. The third-order valence-corrected chi connectivity index (χ3v) is 3.88. The molecule has 0 aliphatic heterocycles. The Morgan fingerprint density at radius 1 is 1.40 bits per heavy atom. The van der Waals surface area contributed by atoms with Crippen molar-refractivity contribution in [2.45, 2.75) is 31.7 Å². The second-order valence-electron chi connectivity index (χ2n) is 5.42. The highest BCUT2D eigenvalue weighted by molar-refractivity contribution is 5.94. The lowest BCUT2D eigenvalue weighted by Gasteiger charge is -2.12. The van der Waals surface area contributed by atoms with Gasteiger partial charge in [0, 0.05) is 17.1 Å². The standard InChI is InChI=1S/C15H16N2O3/c1-9-3-2-4-11-13(9)10(8-16-11)7-12(18)17-15(5-6-15)14(19)20/h2-4,8,16H,5-7H2,1H3,(H,17,18)(H,19,20). The molecule has 1 aliphatic carbocycles. The van der Waals surface area contributed by atoms with Crippen LogP contribution in [0.5, 0.6) is 0 Å². The molecule has 0 radical (unpaired) electrons. The Hall–Kier alpha value is -2.30. The highest BCUT2D eigenvalue weighted by atomic mass is 16.4. The lowest BCUT2D eigenvalue weighted by atomic mass is 10.0. The second kappa shape index (κ2) is 4.37. The van der Waals surface area contributed by atoms with Gasteiger partial charge in [-0.1, -0.05) is 12.1 Å². The Balaban J connectivity index is 1.80. The van der Waals surface area contributed by atoms with Gasteiger partial charge in [0.25, 0.3) is 0 Å². The van der Waals surface area contributed by atoms with Gasteiger partial charge in [-0.05, 0) is 37.0 Å². The Morgan fingerprint density at radius 3 is 2.80 bits per heavy atom. The number of rotatable bonds is 4. The molecule has 0 unspecified atom stereocenters. The summed E-state index contributed by atoms with van der Waals surface area (Å²) in [4.78, 5) is 26.2. The number of carboxylic acid groups (broad SMARTS) is 1. The summed E-state index contributed by atoms with van der Waals surface area (Å²) in [5.74, 6) is -1.19. The van der Waals surface area contributed by atoms with Crippen molar-refractivity contribution in [3.05, 3.63) is 35.5 Å². The zero-order chi connectivity index (χ0) is 14.3. The molecular formula is C15H16N2O3. The monoisotopic (exact) mass is 272 g/mol.